The molecule has 0 radical (unpaired) electrons. The predicted octanol–water partition coefficient (Wildman–Crippen LogP) is 6.78. The Morgan fingerprint density at radius 3 is 1.78 bits per heavy atom. The van der Waals surface area contributed by atoms with Gasteiger partial charge in [0.15, 0.2) is 0 Å². The van der Waals surface area contributed by atoms with Crippen LogP contribution in [0.3, 0.4) is 0 Å². The van der Waals surface area contributed by atoms with Crippen molar-refractivity contribution in [1.29, 1.82) is 0 Å². The van der Waals surface area contributed by atoms with Gasteiger partial charge in [0, 0.05) is 0 Å². The summed E-state index contributed by atoms with van der Waals surface area (Å²) >= 11 is 0. The van der Waals surface area contributed by atoms with Crippen molar-refractivity contribution in [2.24, 2.45) is 23.7 Å². The van der Waals surface area contributed by atoms with Crippen LogP contribution in [0.2, 0.25) is 0 Å². The van der Waals surface area contributed by atoms with Gasteiger partial charge >= 0.3 is 7.12 Å². The molecule has 178 valence electrons. The van der Waals surface area contributed by atoms with Gasteiger partial charge in [0.2, 0.25) is 0 Å². The van der Waals surface area contributed by atoms with Gasteiger partial charge in [-0.25, -0.2) is 0 Å². The van der Waals surface area contributed by atoms with Gasteiger partial charge in [0.05, 0.1) is 17.8 Å². The highest BCUT2D eigenvalue weighted by Crippen LogP contribution is 2.42. The molecule has 0 N–H and O–H groups in total. The molecule has 2 saturated carbocycles. The van der Waals surface area contributed by atoms with E-state index in [1.165, 1.54) is 64.2 Å². The molecule has 4 heteroatoms. The lowest BCUT2D eigenvalue weighted by Gasteiger charge is -2.37. The molecule has 32 heavy (non-hydrogen) atoms. The van der Waals surface area contributed by atoms with E-state index >= 15 is 0 Å². The summed E-state index contributed by atoms with van der Waals surface area (Å²) in [5, 5.41) is 0. The molecule has 4 rings (SSSR count). The van der Waals surface area contributed by atoms with Crippen molar-refractivity contribution in [3.8, 4) is 5.75 Å². The van der Waals surface area contributed by atoms with Crippen LogP contribution >= 0.6 is 0 Å². The molecule has 3 nitrogen and oxygen atoms in total. The third-order valence-corrected chi connectivity index (χ3v) is 9.04. The van der Waals surface area contributed by atoms with Crippen LogP contribution in [-0.4, -0.2) is 24.9 Å². The minimum absolute atomic E-state index is 0.304. The summed E-state index contributed by atoms with van der Waals surface area (Å²) in [6, 6.07) is 8.31. The van der Waals surface area contributed by atoms with Crippen LogP contribution in [0, 0.1) is 23.7 Å². The molecule has 1 aromatic rings. The van der Waals surface area contributed by atoms with E-state index in [0.29, 0.717) is 5.92 Å². The van der Waals surface area contributed by atoms with Crippen molar-refractivity contribution in [1.82, 2.24) is 0 Å². The minimum Gasteiger partial charge on any atom is -0.493 e. The summed E-state index contributed by atoms with van der Waals surface area (Å²) in [7, 11) is -0.304. The van der Waals surface area contributed by atoms with Gasteiger partial charge in [-0.05, 0) is 107 Å². The lowest BCUT2D eigenvalue weighted by Crippen LogP contribution is -2.41. The zero-order valence-corrected chi connectivity index (χ0v) is 21.2. The zero-order valence-electron chi connectivity index (χ0n) is 21.2. The molecule has 3 aliphatic rings. The number of benzene rings is 1. The van der Waals surface area contributed by atoms with Crippen molar-refractivity contribution in [3.63, 3.8) is 0 Å². The number of ether oxygens (including phenoxy) is 1. The van der Waals surface area contributed by atoms with Crippen molar-refractivity contribution < 1.29 is 14.0 Å². The minimum atomic E-state index is -0.305. The van der Waals surface area contributed by atoms with Gasteiger partial charge in [0.1, 0.15) is 5.75 Å². The molecule has 0 aromatic heterocycles. The summed E-state index contributed by atoms with van der Waals surface area (Å²) in [5.41, 5.74) is 0.450. The Balaban J connectivity index is 1.19. The summed E-state index contributed by atoms with van der Waals surface area (Å²) in [6.45, 7) is 11.6. The Hall–Kier alpha value is -0.995. The van der Waals surface area contributed by atoms with E-state index in [-0.39, 0.29) is 18.3 Å². The van der Waals surface area contributed by atoms with Crippen LogP contribution in [0.15, 0.2) is 24.3 Å². The van der Waals surface area contributed by atoms with Crippen LogP contribution < -0.4 is 10.2 Å². The molecule has 1 heterocycles. The maximum absolute atomic E-state index is 6.19. The van der Waals surface area contributed by atoms with E-state index in [9.17, 15) is 0 Å². The summed E-state index contributed by atoms with van der Waals surface area (Å²) in [5.74, 6) is 4.68. The average molecular weight is 440 g/mol. The molecule has 0 amide bonds. The van der Waals surface area contributed by atoms with E-state index < -0.39 is 0 Å². The number of rotatable bonds is 7. The fourth-order valence-electron chi connectivity index (χ4n) is 6.10. The van der Waals surface area contributed by atoms with Crippen LogP contribution in [-0.2, 0) is 9.31 Å². The first-order valence-corrected chi connectivity index (χ1v) is 13.4. The van der Waals surface area contributed by atoms with Crippen LogP contribution in [0.4, 0.5) is 0 Å². The summed E-state index contributed by atoms with van der Waals surface area (Å²) in [6.07, 6.45) is 14.3. The molecule has 0 atom stereocenters. The first-order valence-electron chi connectivity index (χ1n) is 13.4. The molecule has 0 unspecified atom stereocenters. The SMILES string of the molecule is CCCC1CCC(C2CCC(COc3ccc(B4OC(C)(C)C(C)(C)O4)cc3)CC2)CC1. The Bertz CT molecular complexity index is 697. The third-order valence-electron chi connectivity index (χ3n) is 9.04. The van der Waals surface area contributed by atoms with Crippen LogP contribution in [0.5, 0.6) is 5.75 Å². The van der Waals surface area contributed by atoms with Gasteiger partial charge in [-0.15, -0.1) is 0 Å². The summed E-state index contributed by atoms with van der Waals surface area (Å²) in [4.78, 5) is 0. The van der Waals surface area contributed by atoms with E-state index in [1.807, 2.05) is 0 Å². The number of hydrogen-bond acceptors (Lipinski definition) is 3. The summed E-state index contributed by atoms with van der Waals surface area (Å²) < 4.78 is 18.5. The maximum Gasteiger partial charge on any atom is 0.494 e. The van der Waals surface area contributed by atoms with Crippen molar-refractivity contribution in [2.75, 3.05) is 6.61 Å². The Kier molecular flexibility index (Phi) is 7.62. The topological polar surface area (TPSA) is 27.7 Å². The van der Waals surface area contributed by atoms with E-state index in [1.54, 1.807) is 0 Å². The molecule has 2 aliphatic carbocycles. The van der Waals surface area contributed by atoms with Crippen molar-refractivity contribution in [3.05, 3.63) is 24.3 Å². The first kappa shape index (κ1) is 24.1. The normalized spacial score (nSPS) is 32.1. The second kappa shape index (κ2) is 10.1. The highest BCUT2D eigenvalue weighted by molar-refractivity contribution is 6.62. The third kappa shape index (κ3) is 5.55. The second-order valence-corrected chi connectivity index (χ2v) is 11.8. The Morgan fingerprint density at radius 2 is 1.28 bits per heavy atom. The monoisotopic (exact) mass is 440 g/mol. The Labute approximate surface area is 197 Å². The highest BCUT2D eigenvalue weighted by Gasteiger charge is 2.51. The van der Waals surface area contributed by atoms with E-state index in [4.69, 9.17) is 14.0 Å². The largest absolute Gasteiger partial charge is 0.494 e. The van der Waals surface area contributed by atoms with E-state index in [0.717, 1.165) is 35.6 Å². The van der Waals surface area contributed by atoms with Gasteiger partial charge in [0.25, 0.3) is 0 Å². The number of hydrogen-bond donors (Lipinski definition) is 0. The lowest BCUT2D eigenvalue weighted by atomic mass is 9.69. The highest BCUT2D eigenvalue weighted by atomic mass is 16.7. The van der Waals surface area contributed by atoms with Crippen molar-refractivity contribution >= 4 is 12.6 Å². The second-order valence-electron chi connectivity index (χ2n) is 11.8. The predicted molar refractivity (Wildman–Crippen MR) is 133 cm³/mol. The molecule has 1 saturated heterocycles. The maximum atomic E-state index is 6.19. The zero-order chi connectivity index (χ0) is 22.8. The molecule has 0 spiro atoms. The fraction of sp³-hybridized carbons (Fsp3) is 0.786. The van der Waals surface area contributed by atoms with Gasteiger partial charge in [-0.3, -0.25) is 0 Å². The molecule has 1 aromatic carbocycles. The lowest BCUT2D eigenvalue weighted by molar-refractivity contribution is 0.00578. The Morgan fingerprint density at radius 1 is 0.781 bits per heavy atom. The van der Waals surface area contributed by atoms with Crippen molar-refractivity contribution in [2.45, 2.75) is 110 Å². The molecule has 1 aliphatic heterocycles. The van der Waals surface area contributed by atoms with Crippen LogP contribution in [0.25, 0.3) is 0 Å². The fourth-order valence-corrected chi connectivity index (χ4v) is 6.10. The molecular weight excluding hydrogens is 395 g/mol. The van der Waals surface area contributed by atoms with Gasteiger partial charge < -0.3 is 14.0 Å². The average Bonchev–Trinajstić information content (AvgIpc) is 3.01. The molecular formula is C28H45BO3. The molecule has 0 bridgehead atoms. The first-order chi connectivity index (χ1) is 15.3. The quantitative estimate of drug-likeness (QED) is 0.438. The smallest absolute Gasteiger partial charge is 0.493 e. The molecule has 3 fully saturated rings. The van der Waals surface area contributed by atoms with Crippen LogP contribution in [0.1, 0.15) is 98.8 Å². The van der Waals surface area contributed by atoms with Gasteiger partial charge in [-0.1, -0.05) is 44.7 Å². The van der Waals surface area contributed by atoms with Gasteiger partial charge in [-0.2, -0.15) is 0 Å². The standard InChI is InChI=1S/C28H45BO3/c1-6-7-21-8-12-23(13-9-21)24-14-10-22(11-15-24)20-30-26-18-16-25(17-19-26)29-31-27(2,3)28(4,5)32-29/h16-19,21-24H,6-15,20H2,1-5H3. The van der Waals surface area contributed by atoms with E-state index in [2.05, 4.69) is 58.9 Å².